The van der Waals surface area contributed by atoms with E-state index in [0.717, 1.165) is 24.3 Å². The molecule has 0 aromatic heterocycles. The third-order valence-electron chi connectivity index (χ3n) is 3.31. The number of rotatable bonds is 3. The van der Waals surface area contributed by atoms with Gasteiger partial charge in [-0.25, -0.2) is 0 Å². The number of benzene rings is 1. The van der Waals surface area contributed by atoms with Crippen LogP contribution in [0.4, 0.5) is 0 Å². The summed E-state index contributed by atoms with van der Waals surface area (Å²) in [6.07, 6.45) is 2.06. The number of amides is 1. The molecule has 1 N–H and O–H groups in total. The lowest BCUT2D eigenvalue weighted by atomic mass is 10.0. The average molecular weight is 249 g/mol. The minimum absolute atomic E-state index is 0.230. The Morgan fingerprint density at radius 3 is 2.76 bits per heavy atom. The Morgan fingerprint density at radius 2 is 2.06 bits per heavy atom. The van der Waals surface area contributed by atoms with Crippen molar-refractivity contribution in [3.8, 4) is 0 Å². The lowest BCUT2D eigenvalue weighted by molar-refractivity contribution is -0.125. The summed E-state index contributed by atoms with van der Waals surface area (Å²) in [6, 6.07) is 8.20. The lowest BCUT2D eigenvalue weighted by Gasteiger charge is -2.20. The molecule has 3 heteroatoms. The van der Waals surface area contributed by atoms with Crippen LogP contribution in [0.2, 0.25) is 0 Å². The molecule has 1 aliphatic heterocycles. The number of hydrogen-bond acceptors (Lipinski definition) is 2. The van der Waals surface area contributed by atoms with E-state index in [9.17, 15) is 4.79 Å². The van der Waals surface area contributed by atoms with Crippen LogP contribution in [0.5, 0.6) is 0 Å². The first-order valence-corrected chi connectivity index (χ1v) is 7.33. The third kappa shape index (κ3) is 3.50. The highest BCUT2D eigenvalue weighted by atomic mass is 32.2. The molecule has 1 aliphatic rings. The van der Waals surface area contributed by atoms with Gasteiger partial charge in [0.05, 0.1) is 0 Å². The minimum atomic E-state index is 0.230. The molecule has 1 fully saturated rings. The molecule has 0 atom stereocenters. The number of carbonyl (C=O) groups excluding carboxylic acids is 1. The molecule has 17 heavy (non-hydrogen) atoms. The fraction of sp³-hybridized carbons (Fsp3) is 0.500. The highest BCUT2D eigenvalue weighted by molar-refractivity contribution is 7.99. The smallest absolute Gasteiger partial charge is 0.223 e. The largest absolute Gasteiger partial charge is 0.352 e. The van der Waals surface area contributed by atoms with Gasteiger partial charge >= 0.3 is 0 Å². The first kappa shape index (κ1) is 12.5. The van der Waals surface area contributed by atoms with E-state index in [1.54, 1.807) is 0 Å². The van der Waals surface area contributed by atoms with Crippen LogP contribution < -0.4 is 5.32 Å². The molecule has 0 bridgehead atoms. The summed E-state index contributed by atoms with van der Waals surface area (Å²) in [4.78, 5) is 12.0. The Kier molecular flexibility index (Phi) is 4.49. The van der Waals surface area contributed by atoms with E-state index >= 15 is 0 Å². The normalized spacial score (nSPS) is 16.8. The molecule has 92 valence electrons. The molecule has 0 radical (unpaired) electrons. The summed E-state index contributed by atoms with van der Waals surface area (Å²) in [5.74, 6) is 2.72. The molecule has 1 aromatic carbocycles. The first-order chi connectivity index (χ1) is 8.27. The molecule has 2 rings (SSSR count). The van der Waals surface area contributed by atoms with Gasteiger partial charge in [-0.1, -0.05) is 24.3 Å². The zero-order valence-electron chi connectivity index (χ0n) is 10.2. The molecular formula is C14H19NOS. The second kappa shape index (κ2) is 6.10. The van der Waals surface area contributed by atoms with E-state index < -0.39 is 0 Å². The maximum atomic E-state index is 12.0. The van der Waals surface area contributed by atoms with E-state index in [-0.39, 0.29) is 11.8 Å². The van der Waals surface area contributed by atoms with Crippen LogP contribution in [0.25, 0.3) is 0 Å². The Balaban J connectivity index is 1.85. The highest BCUT2D eigenvalue weighted by Crippen LogP contribution is 2.22. The number of aryl methyl sites for hydroxylation is 1. The van der Waals surface area contributed by atoms with Crippen molar-refractivity contribution < 1.29 is 4.79 Å². The van der Waals surface area contributed by atoms with Crippen LogP contribution in [0.3, 0.4) is 0 Å². The van der Waals surface area contributed by atoms with Crippen LogP contribution in [0.1, 0.15) is 24.0 Å². The van der Waals surface area contributed by atoms with Crippen molar-refractivity contribution in [2.75, 3.05) is 11.5 Å². The summed E-state index contributed by atoms with van der Waals surface area (Å²) in [5.41, 5.74) is 2.46. The van der Waals surface area contributed by atoms with Crippen molar-refractivity contribution in [1.29, 1.82) is 0 Å². The SMILES string of the molecule is Cc1ccccc1CNC(=O)C1CCSCC1. The second-order valence-corrected chi connectivity index (χ2v) is 5.76. The van der Waals surface area contributed by atoms with Gasteiger partial charge in [0.1, 0.15) is 0 Å². The van der Waals surface area contributed by atoms with Crippen LogP contribution in [0, 0.1) is 12.8 Å². The summed E-state index contributed by atoms with van der Waals surface area (Å²) >= 11 is 1.95. The van der Waals surface area contributed by atoms with Crippen molar-refractivity contribution >= 4 is 17.7 Å². The predicted molar refractivity (Wildman–Crippen MR) is 73.1 cm³/mol. The fourth-order valence-electron chi connectivity index (χ4n) is 2.09. The monoisotopic (exact) mass is 249 g/mol. The van der Waals surface area contributed by atoms with Crippen molar-refractivity contribution in [2.45, 2.75) is 26.3 Å². The van der Waals surface area contributed by atoms with Gasteiger partial charge < -0.3 is 5.32 Å². The van der Waals surface area contributed by atoms with Gasteiger partial charge in [0, 0.05) is 12.5 Å². The standard InChI is InChI=1S/C14H19NOS/c1-11-4-2-3-5-13(11)10-15-14(16)12-6-8-17-9-7-12/h2-5,12H,6-10H2,1H3,(H,15,16). The molecule has 1 amide bonds. The molecule has 1 aromatic rings. The van der Waals surface area contributed by atoms with E-state index in [0.29, 0.717) is 6.54 Å². The van der Waals surface area contributed by atoms with Crippen molar-refractivity contribution in [2.24, 2.45) is 5.92 Å². The fourth-order valence-corrected chi connectivity index (χ4v) is 3.20. The van der Waals surface area contributed by atoms with Gasteiger partial charge in [0.15, 0.2) is 0 Å². The average Bonchev–Trinajstić information content (AvgIpc) is 2.38. The topological polar surface area (TPSA) is 29.1 Å². The van der Waals surface area contributed by atoms with Gasteiger partial charge in [-0.2, -0.15) is 11.8 Å². The summed E-state index contributed by atoms with van der Waals surface area (Å²) in [5, 5.41) is 3.06. The van der Waals surface area contributed by atoms with Crippen LogP contribution in [-0.2, 0) is 11.3 Å². The van der Waals surface area contributed by atoms with Gasteiger partial charge in [-0.3, -0.25) is 4.79 Å². The van der Waals surface area contributed by atoms with Crippen LogP contribution in [0.15, 0.2) is 24.3 Å². The molecule has 1 heterocycles. The zero-order chi connectivity index (χ0) is 12.1. The molecule has 1 saturated heterocycles. The van der Waals surface area contributed by atoms with E-state index in [4.69, 9.17) is 0 Å². The molecule has 2 nitrogen and oxygen atoms in total. The van der Waals surface area contributed by atoms with Gasteiger partial charge in [-0.05, 0) is 42.4 Å². The zero-order valence-corrected chi connectivity index (χ0v) is 11.1. The maximum Gasteiger partial charge on any atom is 0.223 e. The van der Waals surface area contributed by atoms with Gasteiger partial charge in [-0.15, -0.1) is 0 Å². The lowest BCUT2D eigenvalue weighted by Crippen LogP contribution is -2.32. The Bertz CT molecular complexity index is 386. The number of thioether (sulfide) groups is 1. The quantitative estimate of drug-likeness (QED) is 0.892. The van der Waals surface area contributed by atoms with Crippen LogP contribution >= 0.6 is 11.8 Å². The summed E-state index contributed by atoms with van der Waals surface area (Å²) in [6.45, 7) is 2.74. The van der Waals surface area contributed by atoms with Crippen molar-refractivity contribution in [3.63, 3.8) is 0 Å². The minimum Gasteiger partial charge on any atom is -0.352 e. The number of carbonyl (C=O) groups is 1. The van der Waals surface area contributed by atoms with E-state index in [2.05, 4.69) is 24.4 Å². The Labute approximate surface area is 107 Å². The summed E-state index contributed by atoms with van der Waals surface area (Å²) in [7, 11) is 0. The van der Waals surface area contributed by atoms with Gasteiger partial charge in [0.2, 0.25) is 5.91 Å². The number of nitrogens with one attached hydrogen (secondary N) is 1. The Hall–Kier alpha value is -0.960. The third-order valence-corrected chi connectivity index (χ3v) is 4.36. The molecule has 0 saturated carbocycles. The summed E-state index contributed by atoms with van der Waals surface area (Å²) < 4.78 is 0. The second-order valence-electron chi connectivity index (χ2n) is 4.53. The number of hydrogen-bond donors (Lipinski definition) is 1. The van der Waals surface area contributed by atoms with Crippen LogP contribution in [-0.4, -0.2) is 17.4 Å². The van der Waals surface area contributed by atoms with E-state index in [1.807, 2.05) is 23.9 Å². The maximum absolute atomic E-state index is 12.0. The molecular weight excluding hydrogens is 230 g/mol. The van der Waals surface area contributed by atoms with Gasteiger partial charge in [0.25, 0.3) is 0 Å². The highest BCUT2D eigenvalue weighted by Gasteiger charge is 2.20. The molecule has 0 aliphatic carbocycles. The Morgan fingerprint density at radius 1 is 1.35 bits per heavy atom. The first-order valence-electron chi connectivity index (χ1n) is 6.17. The van der Waals surface area contributed by atoms with Crippen molar-refractivity contribution in [1.82, 2.24) is 5.32 Å². The van der Waals surface area contributed by atoms with E-state index in [1.165, 1.54) is 11.1 Å². The molecule has 0 spiro atoms. The van der Waals surface area contributed by atoms with Crippen molar-refractivity contribution in [3.05, 3.63) is 35.4 Å². The molecule has 0 unspecified atom stereocenters. The predicted octanol–water partition coefficient (Wildman–Crippen LogP) is 2.75.